The van der Waals surface area contributed by atoms with Crippen LogP contribution in [0.15, 0.2) is 58.8 Å². The van der Waals surface area contributed by atoms with Gasteiger partial charge in [-0.2, -0.15) is 9.78 Å². The highest BCUT2D eigenvalue weighted by Gasteiger charge is 2.21. The summed E-state index contributed by atoms with van der Waals surface area (Å²) in [6, 6.07) is 16.5. The molecule has 0 unspecified atom stereocenters. The second-order valence-electron chi connectivity index (χ2n) is 7.51. The van der Waals surface area contributed by atoms with Gasteiger partial charge < -0.3 is 4.74 Å². The maximum Gasteiger partial charge on any atom is 0.212 e. The first-order chi connectivity index (χ1) is 13.0. The molecular formula is C21H22N4OS. The molecular weight excluding hydrogens is 356 g/mol. The summed E-state index contributed by atoms with van der Waals surface area (Å²) in [6.45, 7) is 6.67. The number of thioether (sulfide) groups is 1. The summed E-state index contributed by atoms with van der Waals surface area (Å²) in [7, 11) is 1.66. The van der Waals surface area contributed by atoms with Crippen LogP contribution in [0.2, 0.25) is 0 Å². The van der Waals surface area contributed by atoms with E-state index in [1.807, 2.05) is 28.9 Å². The van der Waals surface area contributed by atoms with Crippen molar-refractivity contribution < 1.29 is 4.74 Å². The van der Waals surface area contributed by atoms with E-state index in [0.717, 1.165) is 39.3 Å². The zero-order valence-electron chi connectivity index (χ0n) is 15.9. The van der Waals surface area contributed by atoms with Crippen molar-refractivity contribution in [2.45, 2.75) is 31.3 Å². The Morgan fingerprint density at radius 2 is 1.59 bits per heavy atom. The quantitative estimate of drug-likeness (QED) is 0.668. The zero-order chi connectivity index (χ0) is 19.0. The van der Waals surface area contributed by atoms with Crippen molar-refractivity contribution in [1.29, 1.82) is 0 Å². The smallest absolute Gasteiger partial charge is 0.212 e. The number of nitrogens with zero attached hydrogens (tertiary/aromatic N) is 4. The predicted molar refractivity (Wildman–Crippen MR) is 110 cm³/mol. The van der Waals surface area contributed by atoms with E-state index >= 15 is 0 Å². The van der Waals surface area contributed by atoms with Gasteiger partial charge in [0.2, 0.25) is 5.16 Å². The predicted octanol–water partition coefficient (Wildman–Crippen LogP) is 4.61. The van der Waals surface area contributed by atoms with Crippen molar-refractivity contribution in [2.75, 3.05) is 12.9 Å². The molecule has 1 aliphatic heterocycles. The van der Waals surface area contributed by atoms with Gasteiger partial charge in [-0.3, -0.25) is 0 Å². The number of methoxy groups -OCH3 is 1. The molecule has 0 fully saturated rings. The van der Waals surface area contributed by atoms with E-state index < -0.39 is 0 Å². The zero-order valence-corrected chi connectivity index (χ0v) is 16.7. The Labute approximate surface area is 163 Å². The van der Waals surface area contributed by atoms with E-state index in [4.69, 9.17) is 9.84 Å². The van der Waals surface area contributed by atoms with Crippen LogP contribution in [0.1, 0.15) is 31.9 Å². The number of aromatic nitrogens is 3. The Balaban J connectivity index is 1.69. The third-order valence-electron chi connectivity index (χ3n) is 4.60. The van der Waals surface area contributed by atoms with Crippen molar-refractivity contribution >= 4 is 17.5 Å². The highest BCUT2D eigenvalue weighted by molar-refractivity contribution is 7.99. The number of hydrogen-bond donors (Lipinski definition) is 0. The van der Waals surface area contributed by atoms with Crippen LogP contribution in [0.4, 0.5) is 0 Å². The minimum atomic E-state index is 0.143. The van der Waals surface area contributed by atoms with Gasteiger partial charge in [0.15, 0.2) is 5.82 Å². The van der Waals surface area contributed by atoms with Gasteiger partial charge in [-0.05, 0) is 40.8 Å². The number of benzene rings is 2. The molecule has 3 aromatic rings. The molecule has 27 heavy (non-hydrogen) atoms. The molecule has 0 atom stereocenters. The molecule has 138 valence electrons. The Morgan fingerprint density at radius 1 is 0.926 bits per heavy atom. The van der Waals surface area contributed by atoms with Crippen LogP contribution >= 0.6 is 11.8 Å². The molecule has 0 saturated heterocycles. The van der Waals surface area contributed by atoms with Crippen LogP contribution in [0, 0.1) is 0 Å². The van der Waals surface area contributed by atoms with Crippen molar-refractivity contribution in [2.24, 2.45) is 5.10 Å². The van der Waals surface area contributed by atoms with Gasteiger partial charge in [-0.15, -0.1) is 10.2 Å². The third-order valence-corrected chi connectivity index (χ3v) is 5.53. The first kappa shape index (κ1) is 17.8. The topological polar surface area (TPSA) is 52.3 Å². The largest absolute Gasteiger partial charge is 0.497 e. The first-order valence-electron chi connectivity index (χ1n) is 8.87. The Hall–Kier alpha value is -2.60. The maximum absolute atomic E-state index is 5.23. The second kappa shape index (κ2) is 6.85. The number of hydrogen-bond acceptors (Lipinski definition) is 5. The normalized spacial score (nSPS) is 13.9. The third kappa shape index (κ3) is 3.49. The lowest BCUT2D eigenvalue weighted by atomic mass is 9.86. The van der Waals surface area contributed by atoms with Gasteiger partial charge in [0, 0.05) is 11.3 Å². The van der Waals surface area contributed by atoms with Crippen molar-refractivity contribution in [1.82, 2.24) is 14.9 Å². The van der Waals surface area contributed by atoms with Crippen LogP contribution in [0.25, 0.3) is 11.4 Å². The van der Waals surface area contributed by atoms with Crippen molar-refractivity contribution in [3.63, 3.8) is 0 Å². The number of ether oxygens (including phenoxy) is 1. The molecule has 0 amide bonds. The number of fused-ring (bicyclic) bond motifs is 1. The van der Waals surface area contributed by atoms with Crippen LogP contribution in [-0.4, -0.2) is 33.4 Å². The molecule has 5 nitrogen and oxygen atoms in total. The molecule has 6 heteroatoms. The molecule has 0 N–H and O–H groups in total. The average Bonchev–Trinajstić information content (AvgIpc) is 3.10. The lowest BCUT2D eigenvalue weighted by Crippen LogP contribution is -2.15. The van der Waals surface area contributed by atoms with E-state index in [-0.39, 0.29) is 5.41 Å². The fourth-order valence-electron chi connectivity index (χ4n) is 2.95. The summed E-state index contributed by atoms with van der Waals surface area (Å²) in [6.07, 6.45) is 0. The lowest BCUT2D eigenvalue weighted by molar-refractivity contribution is 0.415. The Morgan fingerprint density at radius 3 is 2.22 bits per heavy atom. The van der Waals surface area contributed by atoms with Gasteiger partial charge in [0.25, 0.3) is 0 Å². The average molecular weight is 379 g/mol. The van der Waals surface area contributed by atoms with Gasteiger partial charge in [0.05, 0.1) is 12.8 Å². The second-order valence-corrected chi connectivity index (χ2v) is 8.45. The fourth-order valence-corrected chi connectivity index (χ4v) is 3.79. The molecule has 2 heterocycles. The minimum Gasteiger partial charge on any atom is -0.497 e. The van der Waals surface area contributed by atoms with Crippen LogP contribution in [0.5, 0.6) is 5.75 Å². The van der Waals surface area contributed by atoms with Crippen LogP contribution in [0.3, 0.4) is 0 Å². The molecule has 0 spiro atoms. The lowest BCUT2D eigenvalue weighted by Gasteiger charge is -2.20. The standard InChI is InChI=1S/C21H22N4OS/c1-21(2,3)16-9-5-14(6-10-16)18-13-27-20-23-22-19(25(20)24-18)15-7-11-17(26-4)12-8-15/h5-12H,13H2,1-4H3. The minimum absolute atomic E-state index is 0.143. The molecule has 0 bridgehead atoms. The summed E-state index contributed by atoms with van der Waals surface area (Å²) < 4.78 is 7.07. The highest BCUT2D eigenvalue weighted by atomic mass is 32.2. The van der Waals surface area contributed by atoms with E-state index in [1.54, 1.807) is 18.9 Å². The molecule has 0 radical (unpaired) electrons. The molecule has 1 aliphatic rings. The molecule has 0 aliphatic carbocycles. The molecule has 2 aromatic carbocycles. The Bertz CT molecular complexity index is 983. The highest BCUT2D eigenvalue weighted by Crippen LogP contribution is 2.30. The van der Waals surface area contributed by atoms with Gasteiger partial charge in [-0.25, -0.2) is 0 Å². The summed E-state index contributed by atoms with van der Waals surface area (Å²) >= 11 is 1.66. The van der Waals surface area contributed by atoms with Crippen LogP contribution < -0.4 is 4.74 Å². The summed E-state index contributed by atoms with van der Waals surface area (Å²) in [5.41, 5.74) is 4.59. The van der Waals surface area contributed by atoms with Crippen molar-refractivity contribution in [3.05, 3.63) is 59.7 Å². The van der Waals surface area contributed by atoms with Crippen molar-refractivity contribution in [3.8, 4) is 17.1 Å². The van der Waals surface area contributed by atoms with Crippen LogP contribution in [-0.2, 0) is 5.41 Å². The monoisotopic (exact) mass is 378 g/mol. The summed E-state index contributed by atoms with van der Waals surface area (Å²) in [5.74, 6) is 2.34. The first-order valence-corrected chi connectivity index (χ1v) is 9.86. The van der Waals surface area contributed by atoms with Gasteiger partial charge in [-0.1, -0.05) is 56.8 Å². The maximum atomic E-state index is 5.23. The fraction of sp³-hybridized carbons (Fsp3) is 0.286. The molecule has 0 saturated carbocycles. The van der Waals surface area contributed by atoms with E-state index in [2.05, 4.69) is 55.2 Å². The van der Waals surface area contributed by atoms with E-state index in [0.29, 0.717) is 0 Å². The summed E-state index contributed by atoms with van der Waals surface area (Å²) in [5, 5.41) is 14.3. The van der Waals surface area contributed by atoms with E-state index in [1.165, 1.54) is 5.56 Å². The summed E-state index contributed by atoms with van der Waals surface area (Å²) in [4.78, 5) is 0. The van der Waals surface area contributed by atoms with E-state index in [9.17, 15) is 0 Å². The SMILES string of the molecule is COc1ccc(-c2nnc3n2N=C(c2ccc(C(C)(C)C)cc2)CS3)cc1. The molecule has 1 aromatic heterocycles. The van der Waals surface area contributed by atoms with Gasteiger partial charge in [0.1, 0.15) is 5.75 Å². The Kier molecular flexibility index (Phi) is 4.52. The number of rotatable bonds is 3. The van der Waals surface area contributed by atoms with Gasteiger partial charge >= 0.3 is 0 Å². The molecule has 4 rings (SSSR count).